The molecule has 3 nitrogen and oxygen atoms in total. The van der Waals surface area contributed by atoms with Gasteiger partial charge in [0.05, 0.1) is 16.9 Å². The maximum atomic E-state index is 12.4. The Bertz CT molecular complexity index is 498. The molecule has 0 aliphatic heterocycles. The van der Waals surface area contributed by atoms with E-state index in [0.717, 1.165) is 4.24 Å². The molecule has 1 rings (SSSR count). The van der Waals surface area contributed by atoms with Gasteiger partial charge in [0.15, 0.2) is 11.6 Å². The smallest absolute Gasteiger partial charge is 0.198 e. The second-order valence-electron chi connectivity index (χ2n) is 3.68. The summed E-state index contributed by atoms with van der Waals surface area (Å²) in [5, 5.41) is 0. The van der Waals surface area contributed by atoms with E-state index in [2.05, 4.69) is 0 Å². The van der Waals surface area contributed by atoms with E-state index in [1.165, 1.54) is 30.4 Å². The van der Waals surface area contributed by atoms with Crippen LogP contribution in [0.4, 0.5) is 0 Å². The van der Waals surface area contributed by atoms with Crippen molar-refractivity contribution >= 4 is 35.1 Å². The molecule has 1 aromatic rings. The molecular weight excluding hydrogens is 280 g/mol. The highest BCUT2D eigenvalue weighted by Gasteiger charge is 2.21. The van der Waals surface area contributed by atoms with Gasteiger partial charge in [-0.05, 0) is 43.7 Å². The summed E-state index contributed by atoms with van der Waals surface area (Å²) in [5.41, 5.74) is 0.747. The lowest BCUT2D eigenvalue weighted by atomic mass is 10.0. The van der Waals surface area contributed by atoms with Gasteiger partial charge in [-0.2, -0.15) is 0 Å². The van der Waals surface area contributed by atoms with Crippen molar-refractivity contribution in [1.29, 1.82) is 0 Å². The van der Waals surface area contributed by atoms with Crippen LogP contribution in [0.3, 0.4) is 0 Å². The second-order valence-corrected chi connectivity index (χ2v) is 5.58. The van der Waals surface area contributed by atoms with E-state index in [-0.39, 0.29) is 17.1 Å². The fraction of sp³-hybridized carbons (Fsp3) is 0.286. The largest absolute Gasteiger partial charge is 0.497 e. The van der Waals surface area contributed by atoms with Crippen molar-refractivity contribution in [2.75, 3.05) is 19.6 Å². The molecule has 0 atom stereocenters. The minimum atomic E-state index is -0.242. The molecule has 0 heterocycles. The third kappa shape index (κ3) is 3.88. The average Bonchev–Trinajstić information content (AvgIpc) is 2.43. The molecule has 0 radical (unpaired) electrons. The quantitative estimate of drug-likeness (QED) is 0.348. The van der Waals surface area contributed by atoms with E-state index in [1.54, 1.807) is 31.4 Å². The Balaban J connectivity index is 3.20. The van der Waals surface area contributed by atoms with E-state index < -0.39 is 0 Å². The lowest BCUT2D eigenvalue weighted by molar-refractivity contribution is -0.113. The summed E-state index contributed by atoms with van der Waals surface area (Å²) in [5.74, 6) is 0.230. The number of rotatable bonds is 6. The molecular formula is C14H16O3S2. The van der Waals surface area contributed by atoms with Crippen LogP contribution in [0.2, 0.25) is 0 Å². The molecule has 0 spiro atoms. The highest BCUT2D eigenvalue weighted by Crippen LogP contribution is 2.30. The summed E-state index contributed by atoms with van der Waals surface area (Å²) in [7, 11) is 1.57. The van der Waals surface area contributed by atoms with E-state index >= 15 is 0 Å². The minimum absolute atomic E-state index is 0.209. The van der Waals surface area contributed by atoms with Gasteiger partial charge in [0, 0.05) is 5.56 Å². The van der Waals surface area contributed by atoms with Crippen LogP contribution < -0.4 is 4.74 Å². The SMILES string of the molecule is COc1ccc(C(=O)C(C(C)=O)=C(SC)SC)cc1. The average molecular weight is 296 g/mol. The Morgan fingerprint density at radius 1 is 1.05 bits per heavy atom. The molecule has 1 aromatic carbocycles. The molecule has 19 heavy (non-hydrogen) atoms. The van der Waals surface area contributed by atoms with Gasteiger partial charge < -0.3 is 4.74 Å². The Kier molecular flexibility index (Phi) is 6.18. The van der Waals surface area contributed by atoms with Crippen molar-refractivity contribution in [1.82, 2.24) is 0 Å². The van der Waals surface area contributed by atoms with Crippen LogP contribution in [0.25, 0.3) is 0 Å². The summed E-state index contributed by atoms with van der Waals surface area (Å²) in [6.45, 7) is 1.42. The normalized spacial score (nSPS) is 9.89. The van der Waals surface area contributed by atoms with E-state index in [4.69, 9.17) is 4.74 Å². The number of Topliss-reactive ketones (excluding diaryl/α,β-unsaturated/α-hetero) is 2. The van der Waals surface area contributed by atoms with Gasteiger partial charge in [-0.25, -0.2) is 0 Å². The van der Waals surface area contributed by atoms with Crippen LogP contribution in [0.5, 0.6) is 5.75 Å². The summed E-state index contributed by atoms with van der Waals surface area (Å²) in [4.78, 5) is 24.1. The molecule has 0 unspecified atom stereocenters. The molecule has 0 fully saturated rings. The first kappa shape index (κ1) is 15.9. The van der Waals surface area contributed by atoms with Gasteiger partial charge in [-0.15, -0.1) is 23.5 Å². The first-order chi connectivity index (χ1) is 9.04. The number of ketones is 2. The van der Waals surface area contributed by atoms with Crippen LogP contribution in [0, 0.1) is 0 Å². The van der Waals surface area contributed by atoms with Gasteiger partial charge in [-0.1, -0.05) is 0 Å². The zero-order valence-corrected chi connectivity index (χ0v) is 13.0. The van der Waals surface area contributed by atoms with Gasteiger partial charge >= 0.3 is 0 Å². The zero-order chi connectivity index (χ0) is 14.4. The third-order valence-electron chi connectivity index (χ3n) is 2.51. The molecule has 0 bridgehead atoms. The van der Waals surface area contributed by atoms with Crippen LogP contribution in [-0.4, -0.2) is 31.2 Å². The zero-order valence-electron chi connectivity index (χ0n) is 11.4. The van der Waals surface area contributed by atoms with Gasteiger partial charge in [0.2, 0.25) is 0 Å². The lowest BCUT2D eigenvalue weighted by Crippen LogP contribution is -2.12. The monoisotopic (exact) mass is 296 g/mol. The van der Waals surface area contributed by atoms with Crippen LogP contribution >= 0.6 is 23.5 Å². The number of hydrogen-bond donors (Lipinski definition) is 0. The number of carbonyl (C=O) groups is 2. The second kappa shape index (κ2) is 7.40. The minimum Gasteiger partial charge on any atom is -0.497 e. The van der Waals surface area contributed by atoms with Gasteiger partial charge in [0.1, 0.15) is 5.75 Å². The van der Waals surface area contributed by atoms with Crippen molar-refractivity contribution in [3.63, 3.8) is 0 Å². The number of methoxy groups -OCH3 is 1. The molecule has 0 saturated carbocycles. The van der Waals surface area contributed by atoms with E-state index in [1.807, 2.05) is 12.5 Å². The molecule has 0 amide bonds. The summed E-state index contributed by atoms with van der Waals surface area (Å²) in [6, 6.07) is 6.76. The fourth-order valence-corrected chi connectivity index (χ4v) is 3.12. The molecule has 102 valence electrons. The molecule has 5 heteroatoms. The highest BCUT2D eigenvalue weighted by molar-refractivity contribution is 8.21. The summed E-state index contributed by atoms with van der Waals surface area (Å²) >= 11 is 2.83. The molecule has 0 aliphatic carbocycles. The maximum Gasteiger partial charge on any atom is 0.198 e. The van der Waals surface area contributed by atoms with Crippen molar-refractivity contribution in [3.05, 3.63) is 39.6 Å². The van der Waals surface area contributed by atoms with Crippen LogP contribution in [0.15, 0.2) is 34.1 Å². The highest BCUT2D eigenvalue weighted by atomic mass is 32.2. The molecule has 0 aromatic heterocycles. The summed E-state index contributed by atoms with van der Waals surface area (Å²) in [6.07, 6.45) is 3.71. The van der Waals surface area contributed by atoms with Gasteiger partial charge in [0.25, 0.3) is 0 Å². The Morgan fingerprint density at radius 3 is 1.95 bits per heavy atom. The maximum absolute atomic E-state index is 12.4. The fourth-order valence-electron chi connectivity index (χ4n) is 1.57. The first-order valence-corrected chi connectivity index (χ1v) is 8.02. The molecule has 0 aliphatic rings. The number of ether oxygens (including phenoxy) is 1. The Hall–Kier alpha value is -1.20. The van der Waals surface area contributed by atoms with E-state index in [9.17, 15) is 9.59 Å². The predicted molar refractivity (Wildman–Crippen MR) is 82.1 cm³/mol. The topological polar surface area (TPSA) is 43.4 Å². The van der Waals surface area contributed by atoms with Crippen LogP contribution in [0.1, 0.15) is 17.3 Å². The standard InChI is InChI=1S/C14H16O3S2/c1-9(15)12(14(18-3)19-4)13(16)10-5-7-11(17-2)8-6-10/h5-8H,1-4H3. The third-order valence-corrected chi connectivity index (χ3v) is 4.66. The first-order valence-electron chi connectivity index (χ1n) is 5.57. The number of hydrogen-bond acceptors (Lipinski definition) is 5. The predicted octanol–water partition coefficient (Wildman–Crippen LogP) is 3.40. The number of allylic oxidation sites excluding steroid dienone is 1. The number of carbonyl (C=O) groups excluding carboxylic acids is 2. The Labute approximate surface area is 121 Å². The van der Waals surface area contributed by atoms with Crippen molar-refractivity contribution in [2.24, 2.45) is 0 Å². The Morgan fingerprint density at radius 2 is 1.58 bits per heavy atom. The summed E-state index contributed by atoms with van der Waals surface area (Å²) < 4.78 is 5.79. The van der Waals surface area contributed by atoms with Crippen LogP contribution in [-0.2, 0) is 4.79 Å². The van der Waals surface area contributed by atoms with Gasteiger partial charge in [-0.3, -0.25) is 9.59 Å². The van der Waals surface area contributed by atoms with Crippen molar-refractivity contribution in [3.8, 4) is 5.75 Å². The van der Waals surface area contributed by atoms with Crippen molar-refractivity contribution in [2.45, 2.75) is 6.92 Å². The van der Waals surface area contributed by atoms with E-state index in [0.29, 0.717) is 11.3 Å². The molecule has 0 saturated heterocycles. The number of thioether (sulfide) groups is 2. The van der Waals surface area contributed by atoms with Crippen molar-refractivity contribution < 1.29 is 14.3 Å². The molecule has 0 N–H and O–H groups in total. The number of benzene rings is 1. The lowest BCUT2D eigenvalue weighted by Gasteiger charge is -2.09.